The smallest absolute Gasteiger partial charge is 0.257 e. The number of carbonyl (C=O) groups excluding carboxylic acids is 1. The van der Waals surface area contributed by atoms with Crippen molar-refractivity contribution in [2.75, 3.05) is 5.32 Å². The molecule has 4 aromatic rings. The molecular weight excluding hydrogens is 412 g/mol. The average Bonchev–Trinajstić information content (AvgIpc) is 3.32. The zero-order chi connectivity index (χ0) is 20.2. The van der Waals surface area contributed by atoms with Gasteiger partial charge in [-0.25, -0.2) is 4.98 Å². The number of thioether (sulfide) groups is 1. The quantitative estimate of drug-likeness (QED) is 0.412. The molecule has 0 atom stereocenters. The first-order valence-corrected chi connectivity index (χ1v) is 10.3. The van der Waals surface area contributed by atoms with Gasteiger partial charge in [0.05, 0.1) is 5.75 Å². The number of aryl methyl sites for hydroxylation is 2. The summed E-state index contributed by atoms with van der Waals surface area (Å²) < 4.78 is 10.9. The van der Waals surface area contributed by atoms with Crippen molar-refractivity contribution < 1.29 is 13.7 Å². The van der Waals surface area contributed by atoms with Gasteiger partial charge in [0.15, 0.2) is 11.4 Å². The van der Waals surface area contributed by atoms with Gasteiger partial charge in [-0.2, -0.15) is 4.98 Å². The third-order valence-corrected chi connectivity index (χ3v) is 5.21. The molecule has 0 saturated heterocycles. The summed E-state index contributed by atoms with van der Waals surface area (Å²) in [5.41, 5.74) is 3.19. The van der Waals surface area contributed by atoms with E-state index in [0.717, 1.165) is 11.3 Å². The van der Waals surface area contributed by atoms with Crippen LogP contribution < -0.4 is 5.32 Å². The molecule has 0 spiro atoms. The van der Waals surface area contributed by atoms with Crippen LogP contribution in [-0.2, 0) is 17.0 Å². The van der Waals surface area contributed by atoms with Gasteiger partial charge in [-0.3, -0.25) is 4.79 Å². The van der Waals surface area contributed by atoms with Crippen LogP contribution in [0.4, 0.5) is 5.69 Å². The number of rotatable bonds is 7. The lowest BCUT2D eigenvalue weighted by molar-refractivity contribution is -0.116. The van der Waals surface area contributed by atoms with E-state index in [2.05, 4.69) is 20.4 Å². The number of benzene rings is 2. The van der Waals surface area contributed by atoms with Crippen molar-refractivity contribution in [1.29, 1.82) is 0 Å². The molecule has 1 amide bonds. The van der Waals surface area contributed by atoms with E-state index in [4.69, 9.17) is 20.5 Å². The number of hydrogen-bond donors (Lipinski definition) is 1. The lowest BCUT2D eigenvalue weighted by Gasteiger charge is -2.06. The minimum Gasteiger partial charge on any atom is -0.431 e. The second-order valence-electron chi connectivity index (χ2n) is 6.35. The number of halogens is 1. The zero-order valence-corrected chi connectivity index (χ0v) is 17.1. The first-order chi connectivity index (χ1) is 14.1. The molecule has 2 aromatic heterocycles. The first kappa shape index (κ1) is 19.5. The number of para-hydroxylation sites is 1. The Balaban J connectivity index is 1.29. The predicted octanol–water partition coefficient (Wildman–Crippen LogP) is 5.04. The Morgan fingerprint density at radius 1 is 1.21 bits per heavy atom. The summed E-state index contributed by atoms with van der Waals surface area (Å²) in [4.78, 5) is 20.8. The highest BCUT2D eigenvalue weighted by atomic mass is 35.5. The fraction of sp³-hybridized carbons (Fsp3) is 0.200. The van der Waals surface area contributed by atoms with E-state index in [1.165, 1.54) is 11.8 Å². The second kappa shape index (κ2) is 8.67. The Kier molecular flexibility index (Phi) is 5.82. The third kappa shape index (κ3) is 4.96. The highest BCUT2D eigenvalue weighted by molar-refractivity contribution is 7.98. The van der Waals surface area contributed by atoms with Gasteiger partial charge in [0, 0.05) is 23.6 Å². The zero-order valence-electron chi connectivity index (χ0n) is 15.5. The number of amides is 1. The number of oxazole rings is 1. The van der Waals surface area contributed by atoms with Gasteiger partial charge < -0.3 is 14.3 Å². The summed E-state index contributed by atoms with van der Waals surface area (Å²) >= 11 is 7.32. The van der Waals surface area contributed by atoms with Crippen molar-refractivity contribution >= 4 is 46.1 Å². The van der Waals surface area contributed by atoms with Crippen molar-refractivity contribution in [1.82, 2.24) is 15.1 Å². The van der Waals surface area contributed by atoms with Gasteiger partial charge in [0.1, 0.15) is 5.52 Å². The van der Waals surface area contributed by atoms with Crippen LogP contribution in [0.2, 0.25) is 5.02 Å². The summed E-state index contributed by atoms with van der Waals surface area (Å²) in [6, 6.07) is 12.9. The van der Waals surface area contributed by atoms with Crippen LogP contribution >= 0.6 is 23.4 Å². The molecule has 2 heterocycles. The molecule has 1 N–H and O–H groups in total. The third-order valence-electron chi connectivity index (χ3n) is 4.15. The molecule has 0 bridgehead atoms. The minimum absolute atomic E-state index is 0.0986. The number of hydrogen-bond acceptors (Lipinski definition) is 7. The van der Waals surface area contributed by atoms with E-state index in [1.54, 1.807) is 18.2 Å². The van der Waals surface area contributed by atoms with E-state index in [-0.39, 0.29) is 12.3 Å². The number of anilines is 1. The average molecular weight is 429 g/mol. The van der Waals surface area contributed by atoms with Crippen LogP contribution in [0.5, 0.6) is 0 Å². The Morgan fingerprint density at radius 2 is 2.07 bits per heavy atom. The Hall–Kier alpha value is -2.84. The summed E-state index contributed by atoms with van der Waals surface area (Å²) in [6.45, 7) is 1.95. The van der Waals surface area contributed by atoms with Gasteiger partial charge >= 0.3 is 0 Å². The van der Waals surface area contributed by atoms with Crippen LogP contribution in [-0.4, -0.2) is 21.0 Å². The standard InChI is InChI=1S/C20H17ClN4O3S/c1-12-4-2-3-5-14(12)22-18(26)8-9-19-24-17(25-28-19)11-29-20-23-15-10-13(21)6-7-16(15)27-20/h2-7,10H,8-9,11H2,1H3,(H,22,26). The van der Waals surface area contributed by atoms with Crippen LogP contribution in [0, 0.1) is 6.92 Å². The number of aromatic nitrogens is 3. The van der Waals surface area contributed by atoms with Crippen molar-refractivity contribution in [3.8, 4) is 0 Å². The second-order valence-corrected chi connectivity index (χ2v) is 7.71. The maximum atomic E-state index is 12.1. The van der Waals surface area contributed by atoms with Crippen molar-refractivity contribution in [3.05, 3.63) is 64.8 Å². The van der Waals surface area contributed by atoms with Crippen molar-refractivity contribution in [3.63, 3.8) is 0 Å². The number of nitrogens with one attached hydrogen (secondary N) is 1. The SMILES string of the molecule is Cc1ccccc1NC(=O)CCc1nc(CSc2nc3cc(Cl)ccc3o2)no1. The fourth-order valence-corrected chi connectivity index (χ4v) is 3.51. The van der Waals surface area contributed by atoms with Crippen molar-refractivity contribution in [2.24, 2.45) is 0 Å². The molecule has 0 aliphatic rings. The van der Waals surface area contributed by atoms with Crippen molar-refractivity contribution in [2.45, 2.75) is 30.7 Å². The van der Waals surface area contributed by atoms with Crippen LogP contribution in [0.25, 0.3) is 11.1 Å². The molecule has 9 heteroatoms. The monoisotopic (exact) mass is 428 g/mol. The highest BCUT2D eigenvalue weighted by Crippen LogP contribution is 2.27. The first-order valence-electron chi connectivity index (χ1n) is 8.92. The largest absolute Gasteiger partial charge is 0.431 e. The Labute approximate surface area is 175 Å². The summed E-state index contributed by atoms with van der Waals surface area (Å²) in [5, 5.41) is 7.95. The van der Waals surface area contributed by atoms with Gasteiger partial charge in [0.2, 0.25) is 11.8 Å². The van der Waals surface area contributed by atoms with E-state index in [0.29, 0.717) is 45.2 Å². The van der Waals surface area contributed by atoms with E-state index < -0.39 is 0 Å². The van der Waals surface area contributed by atoms with E-state index >= 15 is 0 Å². The molecule has 2 aromatic carbocycles. The van der Waals surface area contributed by atoms with Gasteiger partial charge in [-0.05, 0) is 36.8 Å². The highest BCUT2D eigenvalue weighted by Gasteiger charge is 2.12. The van der Waals surface area contributed by atoms with E-state index in [9.17, 15) is 4.79 Å². The molecule has 4 rings (SSSR count). The molecule has 0 saturated carbocycles. The van der Waals surface area contributed by atoms with Crippen LogP contribution in [0.15, 0.2) is 56.6 Å². The van der Waals surface area contributed by atoms with Gasteiger partial charge in [0.25, 0.3) is 5.22 Å². The molecule has 0 aliphatic carbocycles. The van der Waals surface area contributed by atoms with Gasteiger partial charge in [-0.15, -0.1) is 0 Å². The molecule has 0 radical (unpaired) electrons. The van der Waals surface area contributed by atoms with Crippen LogP contribution in [0.1, 0.15) is 23.7 Å². The predicted molar refractivity (Wildman–Crippen MR) is 111 cm³/mol. The molecule has 148 valence electrons. The lowest BCUT2D eigenvalue weighted by atomic mass is 10.2. The maximum absolute atomic E-state index is 12.1. The summed E-state index contributed by atoms with van der Waals surface area (Å²) in [6.07, 6.45) is 0.631. The maximum Gasteiger partial charge on any atom is 0.257 e. The molecular formula is C20H17ClN4O3S. The number of fused-ring (bicyclic) bond motifs is 1. The fourth-order valence-electron chi connectivity index (χ4n) is 2.66. The number of nitrogens with zero attached hydrogens (tertiary/aromatic N) is 3. The Bertz CT molecular complexity index is 1160. The van der Waals surface area contributed by atoms with E-state index in [1.807, 2.05) is 31.2 Å². The summed E-state index contributed by atoms with van der Waals surface area (Å²) in [5.74, 6) is 1.28. The number of carbonyl (C=O) groups is 1. The molecule has 0 aliphatic heterocycles. The van der Waals surface area contributed by atoms with Crippen LogP contribution in [0.3, 0.4) is 0 Å². The molecule has 0 fully saturated rings. The molecule has 7 nitrogen and oxygen atoms in total. The topological polar surface area (TPSA) is 94.1 Å². The molecule has 0 unspecified atom stereocenters. The lowest BCUT2D eigenvalue weighted by Crippen LogP contribution is -2.13. The summed E-state index contributed by atoms with van der Waals surface area (Å²) in [7, 11) is 0. The normalized spacial score (nSPS) is 11.1. The van der Waals surface area contributed by atoms with Gasteiger partial charge in [-0.1, -0.05) is 46.7 Å². The Morgan fingerprint density at radius 3 is 2.93 bits per heavy atom. The molecule has 29 heavy (non-hydrogen) atoms. The minimum atomic E-state index is -0.0986.